The molecule has 0 fully saturated rings. The Morgan fingerprint density at radius 1 is 0.759 bits per heavy atom. The molecule has 0 amide bonds. The van der Waals surface area contributed by atoms with Crippen LogP contribution in [0.2, 0.25) is 5.02 Å². The predicted octanol–water partition coefficient (Wildman–Crippen LogP) is 6.00. The average molecular weight is 394 g/mol. The number of nitriles is 2. The van der Waals surface area contributed by atoms with Gasteiger partial charge in [-0.2, -0.15) is 10.5 Å². The standard InChI is InChI=1S/C25H16ClN3/c26-20-13-11-17(12-14-20)23-21(15-27)24(18-7-3-1-4-8-18)29-25(22(23)16-28)19-9-5-2-6-10-19/h1-14,21,23H/t21?,23-/m0/s1. The van der Waals surface area contributed by atoms with Crippen LogP contribution in [0.3, 0.4) is 0 Å². The van der Waals surface area contributed by atoms with Crippen molar-refractivity contribution in [3.05, 3.63) is 112 Å². The molecule has 0 N–H and O–H groups in total. The van der Waals surface area contributed by atoms with E-state index in [-0.39, 0.29) is 0 Å². The summed E-state index contributed by atoms with van der Waals surface area (Å²) in [6, 6.07) is 31.4. The van der Waals surface area contributed by atoms with Crippen molar-refractivity contribution < 1.29 is 0 Å². The monoisotopic (exact) mass is 393 g/mol. The van der Waals surface area contributed by atoms with Gasteiger partial charge in [0.25, 0.3) is 0 Å². The van der Waals surface area contributed by atoms with Crippen molar-refractivity contribution in [2.75, 3.05) is 0 Å². The first kappa shape index (κ1) is 18.7. The highest BCUT2D eigenvalue weighted by Gasteiger charge is 2.37. The lowest BCUT2D eigenvalue weighted by atomic mass is 9.74. The normalized spacial score (nSPS) is 18.5. The van der Waals surface area contributed by atoms with E-state index in [1.165, 1.54) is 0 Å². The highest BCUT2D eigenvalue weighted by atomic mass is 35.5. The summed E-state index contributed by atoms with van der Waals surface area (Å²) >= 11 is 6.07. The van der Waals surface area contributed by atoms with Gasteiger partial charge in [0.1, 0.15) is 5.92 Å². The Morgan fingerprint density at radius 2 is 1.34 bits per heavy atom. The van der Waals surface area contributed by atoms with Gasteiger partial charge < -0.3 is 0 Å². The number of aliphatic imine (C=N–C) groups is 1. The van der Waals surface area contributed by atoms with Crippen molar-refractivity contribution in [1.82, 2.24) is 0 Å². The summed E-state index contributed by atoms with van der Waals surface area (Å²) in [5.74, 6) is -1.01. The third-order valence-electron chi connectivity index (χ3n) is 5.03. The maximum atomic E-state index is 10.1. The molecule has 3 nitrogen and oxygen atoms in total. The molecule has 0 aliphatic carbocycles. The Kier molecular flexibility index (Phi) is 5.25. The molecule has 3 aromatic rings. The van der Waals surface area contributed by atoms with Gasteiger partial charge >= 0.3 is 0 Å². The molecule has 0 radical (unpaired) electrons. The van der Waals surface area contributed by atoms with Crippen LogP contribution < -0.4 is 0 Å². The van der Waals surface area contributed by atoms with E-state index in [0.29, 0.717) is 22.0 Å². The van der Waals surface area contributed by atoms with Crippen LogP contribution in [0, 0.1) is 28.6 Å². The molecule has 3 aromatic carbocycles. The number of allylic oxidation sites excluding steroid dienone is 1. The number of halogens is 1. The van der Waals surface area contributed by atoms with Crippen molar-refractivity contribution in [2.24, 2.45) is 10.9 Å². The van der Waals surface area contributed by atoms with Crippen LogP contribution in [0.4, 0.5) is 0 Å². The van der Waals surface area contributed by atoms with Crippen LogP contribution in [0.15, 0.2) is 95.5 Å². The zero-order chi connectivity index (χ0) is 20.2. The van der Waals surface area contributed by atoms with Crippen molar-refractivity contribution >= 4 is 23.0 Å². The van der Waals surface area contributed by atoms with Gasteiger partial charge in [-0.3, -0.25) is 0 Å². The van der Waals surface area contributed by atoms with E-state index < -0.39 is 11.8 Å². The van der Waals surface area contributed by atoms with Crippen LogP contribution >= 0.6 is 11.6 Å². The summed E-state index contributed by atoms with van der Waals surface area (Å²) in [7, 11) is 0. The first-order valence-corrected chi connectivity index (χ1v) is 9.59. The van der Waals surface area contributed by atoms with Crippen molar-refractivity contribution in [3.8, 4) is 12.1 Å². The topological polar surface area (TPSA) is 59.9 Å². The highest BCUT2D eigenvalue weighted by molar-refractivity contribution is 6.30. The molecular formula is C25H16ClN3. The summed E-state index contributed by atoms with van der Waals surface area (Å²) < 4.78 is 0. The van der Waals surface area contributed by atoms with Gasteiger partial charge in [0.15, 0.2) is 0 Å². The molecule has 138 valence electrons. The molecule has 0 bridgehead atoms. The Hall–Kier alpha value is -3.66. The van der Waals surface area contributed by atoms with Crippen LogP contribution in [0.25, 0.3) is 5.70 Å². The minimum Gasteiger partial charge on any atom is -0.250 e. The van der Waals surface area contributed by atoms with Crippen LogP contribution in [-0.4, -0.2) is 5.71 Å². The molecule has 1 aliphatic heterocycles. The van der Waals surface area contributed by atoms with Crippen LogP contribution in [0.5, 0.6) is 0 Å². The number of nitrogens with zero attached hydrogens (tertiary/aromatic N) is 3. The summed E-state index contributed by atoms with van der Waals surface area (Å²) in [5.41, 5.74) is 4.37. The number of hydrogen-bond acceptors (Lipinski definition) is 3. The molecule has 2 atom stereocenters. The van der Waals surface area contributed by atoms with Gasteiger partial charge in [0.2, 0.25) is 0 Å². The van der Waals surface area contributed by atoms with E-state index >= 15 is 0 Å². The van der Waals surface area contributed by atoms with Gasteiger partial charge in [-0.1, -0.05) is 84.4 Å². The third-order valence-corrected chi connectivity index (χ3v) is 5.28. The Bertz CT molecular complexity index is 1160. The van der Waals surface area contributed by atoms with Crippen LogP contribution in [-0.2, 0) is 0 Å². The molecule has 4 heteroatoms. The molecule has 4 rings (SSSR count). The van der Waals surface area contributed by atoms with Crippen molar-refractivity contribution in [1.29, 1.82) is 10.5 Å². The second-order valence-corrected chi connectivity index (χ2v) is 7.18. The quantitative estimate of drug-likeness (QED) is 0.547. The largest absolute Gasteiger partial charge is 0.250 e. The molecule has 0 spiro atoms. The molecule has 0 saturated heterocycles. The third kappa shape index (κ3) is 3.57. The van der Waals surface area contributed by atoms with E-state index in [9.17, 15) is 10.5 Å². The van der Waals surface area contributed by atoms with Crippen molar-refractivity contribution in [3.63, 3.8) is 0 Å². The fourth-order valence-corrected chi connectivity index (χ4v) is 3.80. The predicted molar refractivity (Wildman–Crippen MR) is 115 cm³/mol. The van der Waals surface area contributed by atoms with E-state index in [0.717, 1.165) is 16.7 Å². The minimum atomic E-state index is -0.583. The molecule has 0 saturated carbocycles. The van der Waals surface area contributed by atoms with Crippen molar-refractivity contribution in [2.45, 2.75) is 5.92 Å². The summed E-state index contributed by atoms with van der Waals surface area (Å²) in [4.78, 5) is 4.85. The second-order valence-electron chi connectivity index (χ2n) is 6.74. The lowest BCUT2D eigenvalue weighted by Crippen LogP contribution is -2.27. The average Bonchev–Trinajstić information content (AvgIpc) is 2.79. The van der Waals surface area contributed by atoms with E-state index in [1.807, 2.05) is 72.8 Å². The lowest BCUT2D eigenvalue weighted by molar-refractivity contribution is 0.722. The van der Waals surface area contributed by atoms with E-state index in [1.54, 1.807) is 12.1 Å². The Balaban J connectivity index is 2.00. The summed E-state index contributed by atoms with van der Waals surface area (Å²) in [6.45, 7) is 0. The number of benzene rings is 3. The highest BCUT2D eigenvalue weighted by Crippen LogP contribution is 2.42. The Labute approximate surface area is 174 Å². The smallest absolute Gasteiger partial charge is 0.101 e. The Morgan fingerprint density at radius 3 is 1.90 bits per heavy atom. The zero-order valence-corrected chi connectivity index (χ0v) is 16.2. The molecule has 29 heavy (non-hydrogen) atoms. The zero-order valence-electron chi connectivity index (χ0n) is 15.5. The molecule has 1 aliphatic rings. The fourth-order valence-electron chi connectivity index (χ4n) is 3.68. The summed E-state index contributed by atoms with van der Waals surface area (Å²) in [5, 5.41) is 20.8. The first-order chi connectivity index (χ1) is 14.2. The second kappa shape index (κ2) is 8.15. The van der Waals surface area contributed by atoms with Gasteiger partial charge in [0.05, 0.1) is 29.1 Å². The maximum absolute atomic E-state index is 10.1. The SMILES string of the molecule is N#CC1=C(c2ccccc2)N=C(c2ccccc2)C(C#N)[C@@H]1c1ccc(Cl)cc1. The van der Waals surface area contributed by atoms with Gasteiger partial charge in [-0.25, -0.2) is 4.99 Å². The van der Waals surface area contributed by atoms with Gasteiger partial charge in [0, 0.05) is 16.5 Å². The van der Waals surface area contributed by atoms with E-state index in [2.05, 4.69) is 12.1 Å². The van der Waals surface area contributed by atoms with Crippen LogP contribution in [0.1, 0.15) is 22.6 Å². The summed E-state index contributed by atoms with van der Waals surface area (Å²) in [6.07, 6.45) is 0. The number of hydrogen-bond donors (Lipinski definition) is 0. The molecule has 0 aromatic heterocycles. The van der Waals surface area contributed by atoms with E-state index in [4.69, 9.17) is 16.6 Å². The minimum absolute atomic E-state index is 0.426. The van der Waals surface area contributed by atoms with Gasteiger partial charge in [-0.05, 0) is 23.3 Å². The fraction of sp³-hybridized carbons (Fsp3) is 0.0800. The molecule has 1 heterocycles. The molecular weight excluding hydrogens is 378 g/mol. The molecule has 1 unspecified atom stereocenters. The van der Waals surface area contributed by atoms with Gasteiger partial charge in [-0.15, -0.1) is 0 Å². The number of rotatable bonds is 3. The maximum Gasteiger partial charge on any atom is 0.101 e. The first-order valence-electron chi connectivity index (χ1n) is 9.21. The lowest BCUT2D eigenvalue weighted by Gasteiger charge is -2.29.